The van der Waals surface area contributed by atoms with Crippen molar-refractivity contribution in [3.63, 3.8) is 0 Å². The van der Waals surface area contributed by atoms with E-state index in [4.69, 9.17) is 9.47 Å². The summed E-state index contributed by atoms with van der Waals surface area (Å²) >= 11 is 0. The van der Waals surface area contributed by atoms with Crippen molar-refractivity contribution in [2.24, 2.45) is 11.8 Å². The van der Waals surface area contributed by atoms with Gasteiger partial charge in [-0.3, -0.25) is 9.59 Å². The van der Waals surface area contributed by atoms with Crippen molar-refractivity contribution in [2.75, 3.05) is 25.1 Å². The molecule has 0 bridgehead atoms. The minimum Gasteiger partial charge on any atom is -0.490 e. The van der Waals surface area contributed by atoms with E-state index in [-0.39, 0.29) is 17.7 Å². The summed E-state index contributed by atoms with van der Waals surface area (Å²) in [5, 5.41) is 5.84. The van der Waals surface area contributed by atoms with Crippen LogP contribution in [0, 0.1) is 11.8 Å². The van der Waals surface area contributed by atoms with Crippen LogP contribution in [0.15, 0.2) is 42.5 Å². The van der Waals surface area contributed by atoms with E-state index < -0.39 is 0 Å². The molecule has 160 valence electrons. The van der Waals surface area contributed by atoms with Gasteiger partial charge in [0.15, 0.2) is 11.5 Å². The molecule has 2 amide bonds. The third-order valence-corrected chi connectivity index (χ3v) is 5.15. The Kier molecular flexibility index (Phi) is 7.33. The number of nitrogens with one attached hydrogen (secondary N) is 2. The first kappa shape index (κ1) is 21.7. The highest BCUT2D eigenvalue weighted by Crippen LogP contribution is 2.38. The van der Waals surface area contributed by atoms with E-state index in [2.05, 4.69) is 17.6 Å². The van der Waals surface area contributed by atoms with Gasteiger partial charge in [-0.25, -0.2) is 0 Å². The Morgan fingerprint density at radius 2 is 1.77 bits per heavy atom. The molecule has 2 N–H and O–H groups in total. The Bertz CT molecular complexity index is 897. The van der Waals surface area contributed by atoms with Crippen LogP contribution in [0.1, 0.15) is 43.1 Å². The molecule has 1 fully saturated rings. The van der Waals surface area contributed by atoms with E-state index in [0.29, 0.717) is 43.3 Å². The molecule has 0 spiro atoms. The second-order valence-corrected chi connectivity index (χ2v) is 7.54. The average molecular weight is 411 g/mol. The maximum Gasteiger partial charge on any atom is 0.251 e. The normalized spacial score (nSPS) is 17.2. The number of ether oxygens (including phenoxy) is 2. The fourth-order valence-electron chi connectivity index (χ4n) is 3.33. The highest BCUT2D eigenvalue weighted by Gasteiger charge is 2.39. The van der Waals surface area contributed by atoms with Crippen molar-refractivity contribution in [1.82, 2.24) is 5.32 Å². The smallest absolute Gasteiger partial charge is 0.251 e. The molecule has 0 radical (unpaired) electrons. The summed E-state index contributed by atoms with van der Waals surface area (Å²) in [6, 6.07) is 12.9. The summed E-state index contributed by atoms with van der Waals surface area (Å²) in [5.41, 5.74) is 2.24. The summed E-state index contributed by atoms with van der Waals surface area (Å²) in [5.74, 6) is 1.85. The molecule has 2 aromatic rings. The Morgan fingerprint density at radius 1 is 1.03 bits per heavy atom. The molecule has 0 saturated heterocycles. The van der Waals surface area contributed by atoms with Crippen molar-refractivity contribution in [3.05, 3.63) is 53.6 Å². The molecule has 1 aliphatic carbocycles. The number of hydrogen-bond donors (Lipinski definition) is 2. The Morgan fingerprint density at radius 3 is 2.47 bits per heavy atom. The number of rotatable bonds is 10. The van der Waals surface area contributed by atoms with E-state index in [1.165, 1.54) is 0 Å². The molecular formula is C24H30N2O4. The number of benzene rings is 2. The van der Waals surface area contributed by atoms with Gasteiger partial charge in [0, 0.05) is 23.7 Å². The molecule has 0 heterocycles. The minimum absolute atomic E-state index is 0.0284. The molecule has 0 aromatic heterocycles. The molecule has 1 saturated carbocycles. The predicted molar refractivity (Wildman–Crippen MR) is 117 cm³/mol. The van der Waals surface area contributed by atoms with Crippen LogP contribution < -0.4 is 20.1 Å². The van der Waals surface area contributed by atoms with E-state index in [1.807, 2.05) is 32.0 Å². The molecule has 30 heavy (non-hydrogen) atoms. The average Bonchev–Trinajstić information content (AvgIpc) is 3.47. The van der Waals surface area contributed by atoms with Crippen LogP contribution in [-0.4, -0.2) is 31.6 Å². The second kappa shape index (κ2) is 10.1. The van der Waals surface area contributed by atoms with E-state index in [9.17, 15) is 9.59 Å². The fraction of sp³-hybridized carbons (Fsp3) is 0.417. The molecule has 2 unspecified atom stereocenters. The number of anilines is 1. The van der Waals surface area contributed by atoms with Gasteiger partial charge in [0.05, 0.1) is 13.2 Å². The van der Waals surface area contributed by atoms with Crippen molar-refractivity contribution in [3.8, 4) is 11.5 Å². The second-order valence-electron chi connectivity index (χ2n) is 7.54. The highest BCUT2D eigenvalue weighted by atomic mass is 16.5. The van der Waals surface area contributed by atoms with Crippen LogP contribution in [-0.2, 0) is 11.2 Å². The van der Waals surface area contributed by atoms with Crippen LogP contribution in [0.2, 0.25) is 0 Å². The van der Waals surface area contributed by atoms with Crippen LogP contribution in [0.25, 0.3) is 0 Å². The van der Waals surface area contributed by atoms with Crippen molar-refractivity contribution in [2.45, 2.75) is 33.6 Å². The van der Waals surface area contributed by atoms with Crippen molar-refractivity contribution in [1.29, 1.82) is 0 Å². The van der Waals surface area contributed by atoms with Crippen LogP contribution >= 0.6 is 0 Å². The summed E-state index contributed by atoms with van der Waals surface area (Å²) < 4.78 is 11.2. The monoisotopic (exact) mass is 410 g/mol. The van der Waals surface area contributed by atoms with Gasteiger partial charge in [0.2, 0.25) is 5.91 Å². The predicted octanol–water partition coefficient (Wildman–Crippen LogP) is 4.05. The molecule has 2 atom stereocenters. The highest BCUT2D eigenvalue weighted by molar-refractivity contribution is 5.98. The fourth-order valence-corrected chi connectivity index (χ4v) is 3.33. The maximum absolute atomic E-state index is 12.5. The number of hydrogen-bond acceptors (Lipinski definition) is 4. The largest absolute Gasteiger partial charge is 0.490 e. The number of amides is 2. The summed E-state index contributed by atoms with van der Waals surface area (Å²) in [6.07, 6.45) is 1.61. The third kappa shape index (κ3) is 5.75. The topological polar surface area (TPSA) is 76.7 Å². The van der Waals surface area contributed by atoms with E-state index in [0.717, 1.165) is 23.5 Å². The number of carbonyl (C=O) groups is 2. The standard InChI is InChI=1S/C24H30N2O4/c1-4-29-21-10-9-17(14-22(21)30-5-2)11-12-25-23(27)18-7-6-8-19(15-18)26-24(28)20-13-16(20)3/h6-10,14-16,20H,4-5,11-13H2,1-3H3,(H,25,27)(H,26,28). The van der Waals surface area contributed by atoms with Gasteiger partial charge >= 0.3 is 0 Å². The lowest BCUT2D eigenvalue weighted by Gasteiger charge is -2.13. The van der Waals surface area contributed by atoms with Crippen LogP contribution in [0.4, 0.5) is 5.69 Å². The molecule has 1 aliphatic rings. The first-order chi connectivity index (χ1) is 14.5. The lowest BCUT2D eigenvalue weighted by atomic mass is 10.1. The lowest BCUT2D eigenvalue weighted by molar-refractivity contribution is -0.117. The van der Waals surface area contributed by atoms with Gasteiger partial charge < -0.3 is 20.1 Å². The summed E-state index contributed by atoms with van der Waals surface area (Å²) in [7, 11) is 0. The minimum atomic E-state index is -0.165. The maximum atomic E-state index is 12.5. The quantitative estimate of drug-likeness (QED) is 0.620. The third-order valence-electron chi connectivity index (χ3n) is 5.15. The van der Waals surface area contributed by atoms with Gasteiger partial charge in [-0.15, -0.1) is 0 Å². The van der Waals surface area contributed by atoms with Gasteiger partial charge in [-0.2, -0.15) is 0 Å². The zero-order valence-electron chi connectivity index (χ0n) is 17.9. The zero-order chi connectivity index (χ0) is 21.5. The molecule has 0 aliphatic heterocycles. The van der Waals surface area contributed by atoms with Crippen molar-refractivity contribution < 1.29 is 19.1 Å². The lowest BCUT2D eigenvalue weighted by Crippen LogP contribution is -2.26. The SMILES string of the molecule is CCOc1ccc(CCNC(=O)c2cccc(NC(=O)C3CC3C)c2)cc1OCC. The molecular weight excluding hydrogens is 380 g/mol. The molecule has 3 rings (SSSR count). The number of carbonyl (C=O) groups excluding carboxylic acids is 2. The zero-order valence-corrected chi connectivity index (χ0v) is 17.9. The van der Waals surface area contributed by atoms with Crippen LogP contribution in [0.3, 0.4) is 0 Å². The first-order valence-electron chi connectivity index (χ1n) is 10.6. The first-order valence-corrected chi connectivity index (χ1v) is 10.6. The Balaban J connectivity index is 1.53. The van der Waals surface area contributed by atoms with Crippen LogP contribution in [0.5, 0.6) is 11.5 Å². The Labute approximate surface area is 178 Å². The molecule has 6 nitrogen and oxygen atoms in total. The van der Waals surface area contributed by atoms with Crippen molar-refractivity contribution >= 4 is 17.5 Å². The van der Waals surface area contributed by atoms with Gasteiger partial charge in [0.1, 0.15) is 0 Å². The van der Waals surface area contributed by atoms with Gasteiger partial charge in [-0.1, -0.05) is 19.1 Å². The summed E-state index contributed by atoms with van der Waals surface area (Å²) in [4.78, 5) is 24.6. The van der Waals surface area contributed by atoms with Gasteiger partial charge in [-0.05, 0) is 68.5 Å². The van der Waals surface area contributed by atoms with E-state index in [1.54, 1.807) is 24.3 Å². The summed E-state index contributed by atoms with van der Waals surface area (Å²) in [6.45, 7) is 7.57. The Hall–Kier alpha value is -3.02. The van der Waals surface area contributed by atoms with E-state index >= 15 is 0 Å². The van der Waals surface area contributed by atoms with Gasteiger partial charge in [0.25, 0.3) is 5.91 Å². The molecule has 2 aromatic carbocycles. The molecule has 6 heteroatoms.